The Morgan fingerprint density at radius 3 is 2.27 bits per heavy atom. The van der Waals surface area contributed by atoms with Gasteiger partial charge in [-0.2, -0.15) is 0 Å². The second-order valence-electron chi connectivity index (χ2n) is 5.05. The molecule has 4 heteroatoms. The number of ether oxygens (including phenoxy) is 2. The van der Waals surface area contributed by atoms with E-state index in [-0.39, 0.29) is 0 Å². The van der Waals surface area contributed by atoms with E-state index in [9.17, 15) is 5.02 Å². The van der Waals surface area contributed by atoms with Crippen molar-refractivity contribution in [2.45, 2.75) is 13.7 Å². The van der Waals surface area contributed by atoms with E-state index in [1.165, 1.54) is 0 Å². The molecule has 0 bridgehead atoms. The summed E-state index contributed by atoms with van der Waals surface area (Å²) in [5.74, 6) is 1.61. The van der Waals surface area contributed by atoms with Crippen molar-refractivity contribution in [3.8, 4) is 11.5 Å². The van der Waals surface area contributed by atoms with Gasteiger partial charge in [0.05, 0.1) is 13.7 Å². The van der Waals surface area contributed by atoms with E-state index >= 15 is 0 Å². The zero-order chi connectivity index (χ0) is 15.9. The summed E-state index contributed by atoms with van der Waals surface area (Å²) < 4.78 is 10.7. The molecule has 1 N–H and O–H groups in total. The number of hydrogen-bond acceptors (Lipinski definition) is 3. The molecule has 0 radical (unpaired) electrons. The van der Waals surface area contributed by atoms with E-state index in [1.807, 2.05) is 61.5 Å². The second kappa shape index (κ2) is 7.71. The number of methoxy groups -OCH3 is 1. The van der Waals surface area contributed by atoms with Crippen LogP contribution < -0.4 is 14.9 Å². The lowest BCUT2D eigenvalue weighted by Crippen LogP contribution is -2.26. The third-order valence-corrected chi connectivity index (χ3v) is 3.33. The maximum absolute atomic E-state index is 9.74. The van der Waals surface area contributed by atoms with Gasteiger partial charge in [0.1, 0.15) is 11.5 Å². The van der Waals surface area contributed by atoms with Gasteiger partial charge in [-0.15, -0.1) is 0 Å². The average molecular weight is 296 g/mol. The lowest BCUT2D eigenvalue weighted by Gasteiger charge is -2.07. The highest BCUT2D eigenvalue weighted by Gasteiger charge is 2.08. The highest BCUT2D eigenvalue weighted by molar-refractivity contribution is 6.64. The van der Waals surface area contributed by atoms with Crippen LogP contribution in [0.3, 0.4) is 0 Å². The van der Waals surface area contributed by atoms with Crippen LogP contribution >= 0.6 is 0 Å². The Kier molecular flexibility index (Phi) is 5.67. The molecule has 0 spiro atoms. The first-order valence-corrected chi connectivity index (χ1v) is 7.40. The van der Waals surface area contributed by atoms with Crippen molar-refractivity contribution in [1.82, 2.24) is 0 Å². The Morgan fingerprint density at radius 1 is 1.00 bits per heavy atom. The van der Waals surface area contributed by atoms with Gasteiger partial charge in [-0.1, -0.05) is 37.2 Å². The van der Waals surface area contributed by atoms with Gasteiger partial charge in [0, 0.05) is 0 Å². The van der Waals surface area contributed by atoms with E-state index in [1.54, 1.807) is 13.9 Å². The minimum absolute atomic E-state index is 0.521. The first kappa shape index (κ1) is 16.2. The third-order valence-electron chi connectivity index (χ3n) is 3.33. The highest BCUT2D eigenvalue weighted by atomic mass is 16.5. The molecule has 114 valence electrons. The largest absolute Gasteiger partial charge is 0.497 e. The zero-order valence-corrected chi connectivity index (χ0v) is 13.2. The predicted octanol–water partition coefficient (Wildman–Crippen LogP) is 3.08. The van der Waals surface area contributed by atoms with Crippen LogP contribution in [0.25, 0.3) is 12.2 Å². The van der Waals surface area contributed by atoms with Crippen LogP contribution in [0, 0.1) is 0 Å². The first-order chi connectivity index (χ1) is 10.6. The van der Waals surface area contributed by atoms with E-state index in [0.29, 0.717) is 6.61 Å². The fourth-order valence-electron chi connectivity index (χ4n) is 2.14. The molecule has 0 unspecified atom stereocenters. The van der Waals surface area contributed by atoms with Gasteiger partial charge in [0.25, 0.3) is 0 Å². The summed E-state index contributed by atoms with van der Waals surface area (Å²) >= 11 is 0. The van der Waals surface area contributed by atoms with Gasteiger partial charge in [-0.05, 0) is 47.8 Å². The van der Waals surface area contributed by atoms with Gasteiger partial charge < -0.3 is 14.5 Å². The van der Waals surface area contributed by atoms with Crippen molar-refractivity contribution >= 4 is 24.5 Å². The van der Waals surface area contributed by atoms with Crippen LogP contribution in [0.1, 0.15) is 18.1 Å². The van der Waals surface area contributed by atoms with Crippen LogP contribution in [-0.4, -0.2) is 25.7 Å². The maximum atomic E-state index is 9.74. The molecular weight excluding hydrogens is 275 g/mol. The number of benzene rings is 2. The normalized spacial score (nSPS) is 10.7. The molecule has 0 amide bonds. The van der Waals surface area contributed by atoms with Gasteiger partial charge in [0.15, 0.2) is 0 Å². The smallest absolute Gasteiger partial charge is 0.320 e. The summed E-state index contributed by atoms with van der Waals surface area (Å²) in [6.45, 7) is 3.86. The lowest BCUT2D eigenvalue weighted by molar-refractivity contribution is 0.340. The summed E-state index contributed by atoms with van der Waals surface area (Å²) in [6.07, 6.45) is 4.03. The highest BCUT2D eigenvalue weighted by Crippen LogP contribution is 2.17. The Balaban J connectivity index is 2.19. The van der Waals surface area contributed by atoms with Crippen LogP contribution in [0.2, 0.25) is 6.82 Å². The Bertz CT molecular complexity index is 633. The minimum atomic E-state index is -0.521. The molecule has 0 aliphatic carbocycles. The summed E-state index contributed by atoms with van der Waals surface area (Å²) in [5.41, 5.74) is 2.92. The van der Waals surface area contributed by atoms with E-state index in [4.69, 9.17) is 9.47 Å². The summed E-state index contributed by atoms with van der Waals surface area (Å²) in [7, 11) is 1.63. The van der Waals surface area contributed by atoms with Gasteiger partial charge >= 0.3 is 6.92 Å². The van der Waals surface area contributed by atoms with Crippen molar-refractivity contribution < 1.29 is 14.5 Å². The number of rotatable bonds is 6. The maximum Gasteiger partial charge on any atom is 0.320 e. The average Bonchev–Trinajstić information content (AvgIpc) is 2.54. The molecule has 0 aromatic heterocycles. The van der Waals surface area contributed by atoms with Gasteiger partial charge in [-0.25, -0.2) is 0 Å². The molecule has 0 atom stereocenters. The Morgan fingerprint density at radius 2 is 1.68 bits per heavy atom. The van der Waals surface area contributed by atoms with Crippen molar-refractivity contribution in [3.63, 3.8) is 0 Å². The monoisotopic (exact) mass is 296 g/mol. The van der Waals surface area contributed by atoms with Crippen LogP contribution in [0.5, 0.6) is 11.5 Å². The lowest BCUT2D eigenvalue weighted by atomic mass is 9.64. The zero-order valence-electron chi connectivity index (χ0n) is 13.2. The van der Waals surface area contributed by atoms with Crippen molar-refractivity contribution in [3.05, 3.63) is 53.6 Å². The molecule has 0 aliphatic heterocycles. The first-order valence-electron chi connectivity index (χ1n) is 7.40. The van der Waals surface area contributed by atoms with Crippen LogP contribution in [-0.2, 0) is 0 Å². The molecule has 2 rings (SSSR count). The molecule has 3 nitrogen and oxygen atoms in total. The molecule has 0 fully saturated rings. The molecule has 0 saturated carbocycles. The van der Waals surface area contributed by atoms with E-state index in [0.717, 1.165) is 28.1 Å². The molecule has 0 aliphatic rings. The standard InChI is InChI=1S/C18H21BO3/c1-4-22-17-9-7-14(8-10-17)5-6-15-11-16(19(2)20)13-18(12-15)21-3/h5-13,20H,4H2,1-3H3/b6-5+. The molecule has 0 saturated heterocycles. The fourth-order valence-corrected chi connectivity index (χ4v) is 2.14. The number of hydrogen-bond donors (Lipinski definition) is 1. The molecule has 0 heterocycles. The van der Waals surface area contributed by atoms with E-state index in [2.05, 4.69) is 0 Å². The molecular formula is C18H21BO3. The van der Waals surface area contributed by atoms with Gasteiger partial charge in [-0.3, -0.25) is 0 Å². The SMILES string of the molecule is CCOc1ccc(/C=C/c2cc(OC)cc(B(C)O)c2)cc1. The summed E-state index contributed by atoms with van der Waals surface area (Å²) in [4.78, 5) is 0. The Hall–Kier alpha value is -2.20. The van der Waals surface area contributed by atoms with E-state index < -0.39 is 6.92 Å². The Labute approximate surface area is 132 Å². The topological polar surface area (TPSA) is 38.7 Å². The third kappa shape index (κ3) is 4.40. The quantitative estimate of drug-likeness (QED) is 0.657. The molecule has 2 aromatic rings. The summed E-state index contributed by atoms with van der Waals surface area (Å²) in [6, 6.07) is 13.7. The minimum Gasteiger partial charge on any atom is -0.497 e. The fraction of sp³-hybridized carbons (Fsp3) is 0.222. The van der Waals surface area contributed by atoms with Crippen molar-refractivity contribution in [2.24, 2.45) is 0 Å². The van der Waals surface area contributed by atoms with Crippen molar-refractivity contribution in [1.29, 1.82) is 0 Å². The predicted molar refractivity (Wildman–Crippen MR) is 93.0 cm³/mol. The van der Waals surface area contributed by atoms with Crippen LogP contribution in [0.4, 0.5) is 0 Å². The summed E-state index contributed by atoms with van der Waals surface area (Å²) in [5, 5.41) is 9.74. The second-order valence-corrected chi connectivity index (χ2v) is 5.05. The molecule has 22 heavy (non-hydrogen) atoms. The van der Waals surface area contributed by atoms with Gasteiger partial charge in [0.2, 0.25) is 0 Å². The van der Waals surface area contributed by atoms with Crippen molar-refractivity contribution in [2.75, 3.05) is 13.7 Å². The molecule has 2 aromatic carbocycles. The van der Waals surface area contributed by atoms with Crippen LogP contribution in [0.15, 0.2) is 42.5 Å².